The number of thioether (sulfide) groups is 2. The van der Waals surface area contributed by atoms with E-state index in [0.717, 1.165) is 11.3 Å². The molecule has 1 aromatic rings. The first-order chi connectivity index (χ1) is 16.8. The lowest BCUT2D eigenvalue weighted by Crippen LogP contribution is -2.71. The standard InChI is InChI=1S/C21H27N5O7S3/c1-9(19(31)32-21(2,3)4)33-25-12(11-8-36-20(22)23-11)15(27)24-13-16(28)26-14(18(29)30)10(6-34-5)7-35-17(13)26/h8-9,13,17H,6-7H2,1-5H3,(H2,22,23)(H,24,27)(H,29,30)/t9?,13?,17-/m0/s1. The maximum Gasteiger partial charge on any atom is 0.352 e. The molecule has 3 atom stereocenters. The van der Waals surface area contributed by atoms with Crippen LogP contribution in [-0.4, -0.2) is 85.3 Å². The summed E-state index contributed by atoms with van der Waals surface area (Å²) < 4.78 is 5.25. The maximum absolute atomic E-state index is 13.1. The topological polar surface area (TPSA) is 174 Å². The zero-order chi connectivity index (χ0) is 26.8. The summed E-state index contributed by atoms with van der Waals surface area (Å²) in [6.07, 6.45) is 0.720. The number of nitrogens with zero attached hydrogens (tertiary/aromatic N) is 3. The molecule has 1 aromatic heterocycles. The molecule has 3 heterocycles. The van der Waals surface area contributed by atoms with E-state index in [1.807, 2.05) is 6.26 Å². The molecule has 0 saturated carbocycles. The van der Waals surface area contributed by atoms with Gasteiger partial charge in [0.2, 0.25) is 6.10 Å². The van der Waals surface area contributed by atoms with Crippen molar-refractivity contribution in [2.45, 2.75) is 50.8 Å². The number of nitrogen functional groups attached to an aromatic ring is 1. The van der Waals surface area contributed by atoms with Crippen molar-refractivity contribution in [1.29, 1.82) is 0 Å². The Labute approximate surface area is 220 Å². The third-order valence-electron chi connectivity index (χ3n) is 4.88. The third-order valence-corrected chi connectivity index (χ3v) is 7.53. The monoisotopic (exact) mass is 557 g/mol. The number of ether oxygens (including phenoxy) is 1. The number of aliphatic carboxylic acids is 1. The summed E-state index contributed by atoms with van der Waals surface area (Å²) in [5.74, 6) is -2.29. The minimum absolute atomic E-state index is 0.0423. The molecule has 3 rings (SSSR count). The van der Waals surface area contributed by atoms with Gasteiger partial charge >= 0.3 is 11.9 Å². The maximum atomic E-state index is 13.1. The predicted octanol–water partition coefficient (Wildman–Crippen LogP) is 1.28. The second-order valence-corrected chi connectivity index (χ2v) is 11.7. The van der Waals surface area contributed by atoms with Crippen LogP contribution in [0, 0.1) is 0 Å². The highest BCUT2D eigenvalue weighted by Crippen LogP contribution is 2.41. The summed E-state index contributed by atoms with van der Waals surface area (Å²) >= 11 is 3.90. The Morgan fingerprint density at radius 2 is 2.11 bits per heavy atom. The van der Waals surface area contributed by atoms with E-state index in [9.17, 15) is 24.3 Å². The van der Waals surface area contributed by atoms with E-state index >= 15 is 0 Å². The van der Waals surface area contributed by atoms with E-state index in [1.54, 1.807) is 20.8 Å². The number of hydrogen-bond donors (Lipinski definition) is 3. The zero-order valence-electron chi connectivity index (χ0n) is 20.3. The first-order valence-corrected chi connectivity index (χ1v) is 14.0. The van der Waals surface area contributed by atoms with Gasteiger partial charge in [-0.25, -0.2) is 14.6 Å². The van der Waals surface area contributed by atoms with E-state index in [0.29, 0.717) is 17.1 Å². The Morgan fingerprint density at radius 1 is 1.42 bits per heavy atom. The van der Waals surface area contributed by atoms with Crippen LogP contribution in [0.15, 0.2) is 21.8 Å². The van der Waals surface area contributed by atoms with E-state index in [-0.39, 0.29) is 22.2 Å². The number of oxime groups is 1. The van der Waals surface area contributed by atoms with Crippen molar-refractivity contribution in [3.05, 3.63) is 22.3 Å². The van der Waals surface area contributed by atoms with Crippen LogP contribution in [0.25, 0.3) is 0 Å². The molecular weight excluding hydrogens is 530 g/mol. The molecule has 0 aromatic carbocycles. The number of anilines is 1. The predicted molar refractivity (Wildman–Crippen MR) is 138 cm³/mol. The van der Waals surface area contributed by atoms with Crippen molar-refractivity contribution in [2.24, 2.45) is 5.16 Å². The molecule has 2 unspecified atom stereocenters. The number of carbonyl (C=O) groups is 4. The molecule has 0 aliphatic carbocycles. The van der Waals surface area contributed by atoms with Gasteiger partial charge < -0.3 is 25.7 Å². The van der Waals surface area contributed by atoms with E-state index in [1.165, 1.54) is 40.7 Å². The molecule has 1 fully saturated rings. The molecule has 4 N–H and O–H groups in total. The number of fused-ring (bicyclic) bond motifs is 1. The van der Waals surface area contributed by atoms with Crippen molar-refractivity contribution in [2.75, 3.05) is 23.5 Å². The van der Waals surface area contributed by atoms with Crippen molar-refractivity contribution in [3.63, 3.8) is 0 Å². The number of carboxylic acid groups (broad SMARTS) is 1. The van der Waals surface area contributed by atoms with Crippen molar-refractivity contribution in [1.82, 2.24) is 15.2 Å². The molecule has 15 heteroatoms. The van der Waals surface area contributed by atoms with Gasteiger partial charge in [0, 0.05) is 16.9 Å². The van der Waals surface area contributed by atoms with E-state index in [2.05, 4.69) is 15.5 Å². The number of nitrogens with two attached hydrogens (primary N) is 1. The third kappa shape index (κ3) is 6.13. The summed E-state index contributed by atoms with van der Waals surface area (Å²) in [4.78, 5) is 60.6. The van der Waals surface area contributed by atoms with Crippen molar-refractivity contribution in [3.8, 4) is 0 Å². The highest BCUT2D eigenvalue weighted by atomic mass is 32.2. The molecule has 0 spiro atoms. The van der Waals surface area contributed by atoms with Gasteiger partial charge in [0.25, 0.3) is 11.8 Å². The Morgan fingerprint density at radius 3 is 2.67 bits per heavy atom. The van der Waals surface area contributed by atoms with Crippen LogP contribution in [0.5, 0.6) is 0 Å². The average molecular weight is 558 g/mol. The van der Waals surface area contributed by atoms with Crippen LogP contribution in [0.4, 0.5) is 5.13 Å². The Kier molecular flexibility index (Phi) is 8.56. The lowest BCUT2D eigenvalue weighted by molar-refractivity contribution is -0.167. The van der Waals surface area contributed by atoms with Gasteiger partial charge in [-0.05, 0) is 39.5 Å². The van der Waals surface area contributed by atoms with Crippen LogP contribution >= 0.6 is 34.9 Å². The minimum atomic E-state index is -1.19. The Balaban J connectivity index is 1.78. The number of amides is 2. The molecule has 2 amide bonds. The smallest absolute Gasteiger partial charge is 0.352 e. The molecule has 36 heavy (non-hydrogen) atoms. The van der Waals surface area contributed by atoms with Gasteiger partial charge in [-0.1, -0.05) is 5.16 Å². The summed E-state index contributed by atoms with van der Waals surface area (Å²) in [6, 6.07) is -0.975. The Hall–Kier alpha value is -2.78. The summed E-state index contributed by atoms with van der Waals surface area (Å²) in [5.41, 5.74) is 5.37. The fraction of sp³-hybridized carbons (Fsp3) is 0.524. The number of β-lactam (4-membered cyclic amide) rings is 1. The molecule has 0 radical (unpaired) electrons. The molecule has 2 aliphatic heterocycles. The van der Waals surface area contributed by atoms with Gasteiger partial charge in [0.15, 0.2) is 10.8 Å². The number of aromatic nitrogens is 1. The number of carboxylic acids is 1. The molecule has 1 saturated heterocycles. The molecule has 0 bridgehead atoms. The highest BCUT2D eigenvalue weighted by molar-refractivity contribution is 8.00. The number of esters is 1. The van der Waals surface area contributed by atoms with Gasteiger partial charge in [-0.3, -0.25) is 14.5 Å². The van der Waals surface area contributed by atoms with Gasteiger partial charge in [0.1, 0.15) is 28.4 Å². The Bertz CT molecular complexity index is 1130. The molecular formula is C21H27N5O7S3. The molecule has 12 nitrogen and oxygen atoms in total. The van der Waals surface area contributed by atoms with Gasteiger partial charge in [0.05, 0.1) is 0 Å². The summed E-state index contributed by atoms with van der Waals surface area (Å²) in [5, 5.41) is 17.2. The minimum Gasteiger partial charge on any atom is -0.477 e. The van der Waals surface area contributed by atoms with Crippen molar-refractivity contribution < 1.29 is 33.9 Å². The van der Waals surface area contributed by atoms with Crippen LogP contribution in [0.2, 0.25) is 0 Å². The van der Waals surface area contributed by atoms with Crippen LogP contribution in [0.3, 0.4) is 0 Å². The van der Waals surface area contributed by atoms with Crippen LogP contribution < -0.4 is 11.1 Å². The average Bonchev–Trinajstić information content (AvgIpc) is 3.21. The summed E-state index contributed by atoms with van der Waals surface area (Å²) in [7, 11) is 0. The molecule has 2 aliphatic rings. The lowest BCUT2D eigenvalue weighted by atomic mass is 10.0. The number of thiazole rings is 1. The number of hydrogen-bond acceptors (Lipinski definition) is 12. The fourth-order valence-electron chi connectivity index (χ4n) is 3.34. The highest BCUT2D eigenvalue weighted by Gasteiger charge is 2.54. The van der Waals surface area contributed by atoms with Crippen LogP contribution in [0.1, 0.15) is 33.4 Å². The quantitative estimate of drug-likeness (QED) is 0.173. The summed E-state index contributed by atoms with van der Waals surface area (Å²) in [6.45, 7) is 6.53. The fourth-order valence-corrected chi connectivity index (χ4v) is 5.95. The number of carbonyl (C=O) groups excluding carboxylic acids is 3. The van der Waals surface area contributed by atoms with Gasteiger partial charge in [-0.15, -0.1) is 23.1 Å². The van der Waals surface area contributed by atoms with Crippen molar-refractivity contribution >= 4 is 69.5 Å². The first-order valence-electron chi connectivity index (χ1n) is 10.7. The van der Waals surface area contributed by atoms with Crippen LogP contribution in [-0.2, 0) is 28.8 Å². The number of nitrogens with one attached hydrogen (secondary N) is 1. The molecule has 196 valence electrons. The van der Waals surface area contributed by atoms with E-state index in [4.69, 9.17) is 15.3 Å². The number of rotatable bonds is 9. The van der Waals surface area contributed by atoms with E-state index < -0.39 is 46.9 Å². The lowest BCUT2D eigenvalue weighted by Gasteiger charge is -2.49. The largest absolute Gasteiger partial charge is 0.477 e. The van der Waals surface area contributed by atoms with Gasteiger partial charge in [-0.2, -0.15) is 11.8 Å². The first kappa shape index (κ1) is 27.8. The normalized spacial score (nSPS) is 20.9. The second-order valence-electron chi connectivity index (χ2n) is 8.84. The SMILES string of the molecule is CSCC1=C(C(=O)O)N2C(=O)C(NC(=O)C(=NOC(C)C(=O)OC(C)(C)C)c3csc(N)n3)[C@@H]2SC1. The zero-order valence-corrected chi connectivity index (χ0v) is 22.7. The second kappa shape index (κ2) is 11.1.